The van der Waals surface area contributed by atoms with Gasteiger partial charge >= 0.3 is 66.9 Å². The number of phosphoric acid groups is 3. The first-order chi connectivity index (χ1) is 14.2. The minimum atomic E-state index is -6.01. The Morgan fingerprint density at radius 1 is 1.09 bits per heavy atom. The van der Waals surface area contributed by atoms with Crippen molar-refractivity contribution in [3.8, 4) is 0 Å². The number of hydrogen-bond acceptors (Lipinski definition) is 15. The van der Waals surface area contributed by atoms with Crippen molar-refractivity contribution in [2.75, 3.05) is 12.3 Å². The Kier molecular flexibility index (Phi) is 11.3. The summed E-state index contributed by atoms with van der Waals surface area (Å²) in [5.41, 5.74) is 5.97. The monoisotopic (exact) mass is 551 g/mol. The largest absolute Gasteiger partial charge is 1.00 e. The van der Waals surface area contributed by atoms with Gasteiger partial charge in [0.1, 0.15) is 30.2 Å². The van der Waals surface area contributed by atoms with Gasteiger partial charge in [-0.1, -0.05) is 0 Å². The number of aliphatic hydroxyl groups excluding tert-OH is 2. The minimum Gasteiger partial charge on any atom is -0.756 e. The third-order valence-electron chi connectivity index (χ3n) is 3.81. The van der Waals surface area contributed by atoms with Crippen molar-refractivity contribution in [2.24, 2.45) is 0 Å². The second kappa shape index (κ2) is 11.8. The maximum absolute atomic E-state index is 11.7. The molecule has 3 heterocycles. The summed E-state index contributed by atoms with van der Waals surface area (Å²) < 4.78 is 51.0. The van der Waals surface area contributed by atoms with Crippen LogP contribution in [0.3, 0.4) is 0 Å². The molecule has 23 heteroatoms. The average Bonchev–Trinajstić information content (AvgIpc) is 3.13. The zero-order valence-electron chi connectivity index (χ0n) is 16.8. The van der Waals surface area contributed by atoms with E-state index in [2.05, 4.69) is 28.1 Å². The number of hydrogen-bond donors (Lipinski definition) is 5. The van der Waals surface area contributed by atoms with Crippen LogP contribution in [0.4, 0.5) is 5.82 Å². The molecule has 0 bridgehead atoms. The van der Waals surface area contributed by atoms with Gasteiger partial charge in [-0.3, -0.25) is 18.2 Å². The molecule has 0 amide bonds. The molecule has 0 aromatic carbocycles. The predicted octanol–water partition coefficient (Wildman–Crippen LogP) is -8.89. The maximum Gasteiger partial charge on any atom is 1.00 e. The van der Waals surface area contributed by atoms with Crippen molar-refractivity contribution in [3.63, 3.8) is 0 Å². The molecule has 1 aliphatic rings. The number of aromatic nitrogens is 4. The van der Waals surface area contributed by atoms with Gasteiger partial charge in [-0.15, -0.1) is 0 Å². The number of phosphoric ester groups is 1. The second-order valence-corrected chi connectivity index (χ2v) is 10.3. The molecule has 7 atom stereocenters. The average molecular weight is 551 g/mol. The van der Waals surface area contributed by atoms with Crippen LogP contribution < -0.4 is 74.6 Å². The van der Waals surface area contributed by atoms with E-state index >= 15 is 0 Å². The third kappa shape index (κ3) is 8.06. The molecule has 174 valence electrons. The Bertz CT molecular complexity index is 1120. The van der Waals surface area contributed by atoms with Crippen molar-refractivity contribution < 1.29 is 120 Å². The Labute approximate surface area is 228 Å². The van der Waals surface area contributed by atoms with E-state index in [1.165, 1.54) is 10.9 Å². The van der Waals surface area contributed by atoms with Crippen molar-refractivity contribution >= 4 is 40.4 Å². The first-order valence-corrected chi connectivity index (χ1v) is 12.3. The van der Waals surface area contributed by atoms with Crippen LogP contribution in [0.2, 0.25) is 0 Å². The van der Waals surface area contributed by atoms with Gasteiger partial charge in [0, 0.05) is 0 Å². The zero-order chi connectivity index (χ0) is 23.2. The first-order valence-electron chi connectivity index (χ1n) is 7.88. The van der Waals surface area contributed by atoms with E-state index in [0.717, 1.165) is 6.33 Å². The van der Waals surface area contributed by atoms with Gasteiger partial charge < -0.3 is 40.3 Å². The maximum atomic E-state index is 11.7. The molecule has 2 aromatic heterocycles. The van der Waals surface area contributed by atoms with Gasteiger partial charge in [-0.2, -0.15) is 0 Å². The van der Waals surface area contributed by atoms with E-state index in [1.807, 2.05) is 0 Å². The fourth-order valence-corrected chi connectivity index (χ4v) is 5.55. The molecule has 4 unspecified atom stereocenters. The molecule has 0 spiro atoms. The van der Waals surface area contributed by atoms with Crippen LogP contribution in [-0.4, -0.2) is 64.4 Å². The summed E-state index contributed by atoms with van der Waals surface area (Å²) >= 11 is 0. The topological polar surface area (TPSA) is 285 Å². The van der Waals surface area contributed by atoms with Gasteiger partial charge in [0.15, 0.2) is 17.7 Å². The summed E-state index contributed by atoms with van der Waals surface area (Å²) in [5.74, 6) is 0.0322. The Hall–Kier alpha value is 0.640. The zero-order valence-corrected chi connectivity index (χ0v) is 23.5. The quantitative estimate of drug-likeness (QED) is 0.150. The number of nitrogens with zero attached hydrogens (tertiary/aromatic N) is 4. The molecule has 0 radical (unpaired) electrons. The predicted molar refractivity (Wildman–Crippen MR) is 91.0 cm³/mol. The molecule has 18 nitrogen and oxygen atoms in total. The fraction of sp³-hybridized carbons (Fsp3) is 0.500. The molecule has 33 heavy (non-hydrogen) atoms. The van der Waals surface area contributed by atoms with Gasteiger partial charge in [0.05, 0.1) is 12.9 Å². The molecule has 2 aromatic rings. The summed E-state index contributed by atoms with van der Waals surface area (Å²) in [4.78, 5) is 51.0. The van der Waals surface area contributed by atoms with E-state index in [4.69, 9.17) is 15.4 Å². The summed E-state index contributed by atoms with van der Waals surface area (Å²) in [7, 11) is -17.4. The van der Waals surface area contributed by atoms with E-state index < -0.39 is 54.6 Å². The number of ether oxygens (including phenoxy) is 1. The number of nitrogens with two attached hydrogens (primary N) is 1. The number of aliphatic hydroxyl groups is 2. The van der Waals surface area contributed by atoms with Crippen LogP contribution in [0, 0.1) is 0 Å². The van der Waals surface area contributed by atoms with Crippen LogP contribution in [0.5, 0.6) is 0 Å². The van der Waals surface area contributed by atoms with Crippen molar-refractivity contribution in [3.05, 3.63) is 12.7 Å². The van der Waals surface area contributed by atoms with Gasteiger partial charge in [-0.25, -0.2) is 28.1 Å². The number of anilines is 1. The Balaban J connectivity index is 0.00000272. The van der Waals surface area contributed by atoms with E-state index in [0.29, 0.717) is 0 Å². The summed E-state index contributed by atoms with van der Waals surface area (Å²) in [6, 6.07) is 0. The normalized spacial score (nSPS) is 28.2. The van der Waals surface area contributed by atoms with Crippen molar-refractivity contribution in [1.29, 1.82) is 0 Å². The van der Waals surface area contributed by atoms with Crippen LogP contribution in [0.25, 0.3) is 11.2 Å². The van der Waals surface area contributed by atoms with Crippen LogP contribution in [0.1, 0.15) is 6.23 Å². The molecular weight excluding hydrogens is 537 g/mol. The van der Waals surface area contributed by atoms with E-state index in [-0.39, 0.29) is 76.1 Å². The molecular formula is C10H14N5Na2O13P3. The van der Waals surface area contributed by atoms with Crippen molar-refractivity contribution in [2.45, 2.75) is 24.5 Å². The third-order valence-corrected chi connectivity index (χ3v) is 7.53. The summed E-state index contributed by atoms with van der Waals surface area (Å²) in [6.07, 6.45) is -3.81. The Morgan fingerprint density at radius 2 is 1.73 bits per heavy atom. The molecule has 3 rings (SSSR count). The molecule has 0 aliphatic carbocycles. The summed E-state index contributed by atoms with van der Waals surface area (Å²) in [5, 5.41) is 20.4. The first kappa shape index (κ1) is 31.7. The molecule has 1 saturated heterocycles. The standard InChI is InChI=1S/C10H16N5O13P3.2Na/c11-8-5-9(13-2-12-8)15(3-14-5)10-7(17)6(16)4(26-10)1-25-30(21,22)28-31(23,24)27-29(18,19)20;;/h2-4,6-7,10,16-17H,1H2,(H,21,22)(H,23,24)(H2,11,12,13)(H2,18,19,20);;/q;2*+1/p-2/t4-,6-,7-,10?;;/m1../s1. The van der Waals surface area contributed by atoms with Gasteiger partial charge in [0.25, 0.3) is 15.6 Å². The van der Waals surface area contributed by atoms with Crippen LogP contribution in [0.15, 0.2) is 12.7 Å². The number of nitrogen functional groups attached to an aromatic ring is 1. The number of fused-ring (bicyclic) bond motifs is 1. The van der Waals surface area contributed by atoms with Crippen molar-refractivity contribution in [1.82, 2.24) is 19.5 Å². The minimum absolute atomic E-state index is 0. The second-order valence-electron chi connectivity index (χ2n) is 5.97. The molecule has 0 saturated carbocycles. The number of rotatable bonds is 8. The van der Waals surface area contributed by atoms with Gasteiger partial charge in [0.2, 0.25) is 0 Å². The Morgan fingerprint density at radius 3 is 2.33 bits per heavy atom. The van der Waals surface area contributed by atoms with Gasteiger partial charge in [-0.05, 0) is 0 Å². The molecule has 1 aliphatic heterocycles. The van der Waals surface area contributed by atoms with E-state index in [1.54, 1.807) is 0 Å². The molecule has 6 N–H and O–H groups in total. The van der Waals surface area contributed by atoms with Crippen LogP contribution in [-0.2, 0) is 31.6 Å². The number of imidazole rings is 1. The fourth-order valence-electron chi connectivity index (χ4n) is 2.61. The van der Waals surface area contributed by atoms with E-state index in [9.17, 15) is 38.6 Å². The summed E-state index contributed by atoms with van der Waals surface area (Å²) in [6.45, 7) is -1.000. The molecule has 1 fully saturated rings. The SMILES string of the molecule is Nc1ncnc2c1ncn2C1O[C@H](COP(=O)(O)OP(=O)([O-])OP(=O)([O-])O)[C@@H](O)[C@H]1O.[Na+].[Na+]. The smallest absolute Gasteiger partial charge is 0.756 e. The van der Waals surface area contributed by atoms with Crippen LogP contribution >= 0.6 is 23.5 Å².